The van der Waals surface area contributed by atoms with Crippen molar-refractivity contribution in [3.8, 4) is 0 Å². The van der Waals surface area contributed by atoms with E-state index in [0.717, 1.165) is 16.5 Å². The SMILES string of the molecule is COC(=O)c1cc2c(C)cc(Cl)cc2[nH]1. The summed E-state index contributed by atoms with van der Waals surface area (Å²) in [5.74, 6) is -0.373. The molecule has 0 aliphatic rings. The standard InChI is InChI=1S/C11H10ClNO2/c1-6-3-7(12)4-9-8(6)5-10(13-9)11(14)15-2/h3-5,13H,1-2H3. The third-order valence-electron chi connectivity index (χ3n) is 2.31. The van der Waals surface area contributed by atoms with E-state index in [1.807, 2.05) is 13.0 Å². The number of methoxy groups -OCH3 is 1. The molecule has 0 amide bonds. The normalized spacial score (nSPS) is 10.6. The van der Waals surface area contributed by atoms with Gasteiger partial charge in [-0.15, -0.1) is 0 Å². The lowest BCUT2D eigenvalue weighted by Gasteiger charge is -1.96. The molecule has 0 fully saturated rings. The van der Waals surface area contributed by atoms with Crippen LogP contribution in [0.3, 0.4) is 0 Å². The number of benzene rings is 1. The van der Waals surface area contributed by atoms with Crippen molar-refractivity contribution in [3.05, 3.63) is 34.5 Å². The number of ether oxygens (including phenoxy) is 1. The Morgan fingerprint density at radius 2 is 2.13 bits per heavy atom. The van der Waals surface area contributed by atoms with Crippen LogP contribution in [0.1, 0.15) is 16.1 Å². The number of hydrogen-bond donors (Lipinski definition) is 1. The zero-order valence-electron chi connectivity index (χ0n) is 8.43. The van der Waals surface area contributed by atoms with Crippen molar-refractivity contribution in [2.75, 3.05) is 7.11 Å². The first-order valence-corrected chi connectivity index (χ1v) is 4.87. The molecule has 0 saturated heterocycles. The number of hydrogen-bond acceptors (Lipinski definition) is 2. The zero-order valence-corrected chi connectivity index (χ0v) is 9.18. The van der Waals surface area contributed by atoms with Crippen LogP contribution in [0.25, 0.3) is 10.9 Å². The van der Waals surface area contributed by atoms with Gasteiger partial charge in [-0.1, -0.05) is 11.6 Å². The van der Waals surface area contributed by atoms with Crippen molar-refractivity contribution >= 4 is 28.5 Å². The lowest BCUT2D eigenvalue weighted by molar-refractivity contribution is 0.0595. The van der Waals surface area contributed by atoms with Crippen LogP contribution in [0, 0.1) is 6.92 Å². The highest BCUT2D eigenvalue weighted by Crippen LogP contribution is 2.24. The molecule has 0 bridgehead atoms. The van der Waals surface area contributed by atoms with Crippen molar-refractivity contribution in [3.63, 3.8) is 0 Å². The van der Waals surface area contributed by atoms with E-state index in [2.05, 4.69) is 9.72 Å². The van der Waals surface area contributed by atoms with Crippen molar-refractivity contribution in [1.29, 1.82) is 0 Å². The molecule has 1 aromatic heterocycles. The Hall–Kier alpha value is -1.48. The number of halogens is 1. The van der Waals surface area contributed by atoms with Gasteiger partial charge in [0.25, 0.3) is 0 Å². The summed E-state index contributed by atoms with van der Waals surface area (Å²) in [6.45, 7) is 1.95. The molecular weight excluding hydrogens is 214 g/mol. The largest absolute Gasteiger partial charge is 0.464 e. The van der Waals surface area contributed by atoms with E-state index in [9.17, 15) is 4.79 Å². The van der Waals surface area contributed by atoms with Crippen LogP contribution in [0.15, 0.2) is 18.2 Å². The molecule has 0 spiro atoms. The van der Waals surface area contributed by atoms with Gasteiger partial charge in [0.15, 0.2) is 0 Å². The predicted molar refractivity (Wildman–Crippen MR) is 59.4 cm³/mol. The third kappa shape index (κ3) is 1.70. The summed E-state index contributed by atoms with van der Waals surface area (Å²) in [5.41, 5.74) is 2.32. The van der Waals surface area contributed by atoms with E-state index in [-0.39, 0.29) is 5.97 Å². The summed E-state index contributed by atoms with van der Waals surface area (Å²) in [5, 5.41) is 1.64. The average Bonchev–Trinajstić information content (AvgIpc) is 2.60. The summed E-state index contributed by atoms with van der Waals surface area (Å²) in [4.78, 5) is 14.3. The Bertz CT molecular complexity index is 531. The lowest BCUT2D eigenvalue weighted by atomic mass is 10.1. The van der Waals surface area contributed by atoms with E-state index in [4.69, 9.17) is 11.6 Å². The molecule has 0 saturated carbocycles. The number of nitrogens with one attached hydrogen (secondary N) is 1. The summed E-state index contributed by atoms with van der Waals surface area (Å²) >= 11 is 5.91. The number of aryl methyl sites for hydroxylation is 1. The minimum absolute atomic E-state index is 0.373. The van der Waals surface area contributed by atoms with Crippen LogP contribution in [0.4, 0.5) is 0 Å². The molecule has 4 heteroatoms. The molecule has 2 rings (SSSR count). The van der Waals surface area contributed by atoms with Gasteiger partial charge in [0.1, 0.15) is 5.69 Å². The number of carbonyl (C=O) groups excluding carboxylic acids is 1. The summed E-state index contributed by atoms with van der Waals surface area (Å²) in [7, 11) is 1.35. The fraction of sp³-hybridized carbons (Fsp3) is 0.182. The van der Waals surface area contributed by atoms with Crippen molar-refractivity contribution in [1.82, 2.24) is 4.98 Å². The smallest absolute Gasteiger partial charge is 0.354 e. The summed E-state index contributed by atoms with van der Waals surface area (Å²) in [6.07, 6.45) is 0. The van der Waals surface area contributed by atoms with Gasteiger partial charge in [-0.2, -0.15) is 0 Å². The number of H-pyrrole nitrogens is 1. The fourth-order valence-corrected chi connectivity index (χ4v) is 1.87. The van der Waals surface area contributed by atoms with Gasteiger partial charge < -0.3 is 9.72 Å². The van der Waals surface area contributed by atoms with Crippen LogP contribution in [-0.2, 0) is 4.74 Å². The molecule has 0 unspecified atom stereocenters. The number of carbonyl (C=O) groups is 1. The third-order valence-corrected chi connectivity index (χ3v) is 2.53. The minimum atomic E-state index is -0.373. The van der Waals surface area contributed by atoms with Gasteiger partial charge in [-0.25, -0.2) is 4.79 Å². The average molecular weight is 224 g/mol. The van der Waals surface area contributed by atoms with Crippen LogP contribution in [0.2, 0.25) is 5.02 Å². The quantitative estimate of drug-likeness (QED) is 0.756. The lowest BCUT2D eigenvalue weighted by Crippen LogP contribution is -2.00. The maximum atomic E-state index is 11.3. The molecule has 0 atom stereocenters. The molecule has 0 radical (unpaired) electrons. The number of aromatic nitrogens is 1. The highest BCUT2D eigenvalue weighted by atomic mass is 35.5. The number of rotatable bonds is 1. The predicted octanol–water partition coefficient (Wildman–Crippen LogP) is 2.92. The number of esters is 1. The molecule has 1 heterocycles. The van der Waals surface area contributed by atoms with E-state index < -0.39 is 0 Å². The maximum absolute atomic E-state index is 11.3. The Kier molecular flexibility index (Phi) is 2.40. The van der Waals surface area contributed by atoms with Crippen LogP contribution in [-0.4, -0.2) is 18.1 Å². The summed E-state index contributed by atoms with van der Waals surface area (Å²) < 4.78 is 4.63. The van der Waals surface area contributed by atoms with Gasteiger partial charge in [-0.05, 0) is 30.7 Å². The van der Waals surface area contributed by atoms with Crippen molar-refractivity contribution < 1.29 is 9.53 Å². The zero-order chi connectivity index (χ0) is 11.0. The second-order valence-electron chi connectivity index (χ2n) is 3.36. The molecule has 3 nitrogen and oxygen atoms in total. The molecule has 1 aromatic carbocycles. The molecule has 15 heavy (non-hydrogen) atoms. The molecule has 2 aromatic rings. The molecule has 78 valence electrons. The van der Waals surface area contributed by atoms with Gasteiger partial charge in [0.05, 0.1) is 7.11 Å². The van der Waals surface area contributed by atoms with E-state index >= 15 is 0 Å². The van der Waals surface area contributed by atoms with E-state index in [0.29, 0.717) is 10.7 Å². The molecule has 1 N–H and O–H groups in total. The highest BCUT2D eigenvalue weighted by molar-refractivity contribution is 6.31. The molecule has 0 aliphatic heterocycles. The molecular formula is C11H10ClNO2. The van der Waals surface area contributed by atoms with Gasteiger partial charge in [0.2, 0.25) is 0 Å². The summed E-state index contributed by atoms with van der Waals surface area (Å²) in [6, 6.07) is 5.42. The van der Waals surface area contributed by atoms with E-state index in [1.54, 1.807) is 12.1 Å². The van der Waals surface area contributed by atoms with Crippen molar-refractivity contribution in [2.45, 2.75) is 6.92 Å². The van der Waals surface area contributed by atoms with Crippen LogP contribution < -0.4 is 0 Å². The Morgan fingerprint density at radius 3 is 2.80 bits per heavy atom. The van der Waals surface area contributed by atoms with Crippen LogP contribution >= 0.6 is 11.6 Å². The first kappa shape index (κ1) is 10.1. The first-order valence-electron chi connectivity index (χ1n) is 4.49. The topological polar surface area (TPSA) is 42.1 Å². The van der Waals surface area contributed by atoms with Crippen LogP contribution in [0.5, 0.6) is 0 Å². The van der Waals surface area contributed by atoms with E-state index in [1.165, 1.54) is 7.11 Å². The second kappa shape index (κ2) is 3.59. The van der Waals surface area contributed by atoms with Gasteiger partial charge in [-0.3, -0.25) is 0 Å². The fourth-order valence-electron chi connectivity index (χ4n) is 1.59. The Labute approximate surface area is 92.0 Å². The van der Waals surface area contributed by atoms with Gasteiger partial charge in [0, 0.05) is 15.9 Å². The Balaban J connectivity index is 2.65. The monoisotopic (exact) mass is 223 g/mol. The molecule has 0 aliphatic carbocycles. The highest BCUT2D eigenvalue weighted by Gasteiger charge is 2.10. The maximum Gasteiger partial charge on any atom is 0.354 e. The number of aromatic amines is 1. The first-order chi connectivity index (χ1) is 7.11. The van der Waals surface area contributed by atoms with Gasteiger partial charge >= 0.3 is 5.97 Å². The number of fused-ring (bicyclic) bond motifs is 1. The second-order valence-corrected chi connectivity index (χ2v) is 3.79. The van der Waals surface area contributed by atoms with Crippen molar-refractivity contribution in [2.24, 2.45) is 0 Å². The Morgan fingerprint density at radius 1 is 1.40 bits per heavy atom. The minimum Gasteiger partial charge on any atom is -0.464 e.